The average molecular weight is 233 g/mol. The largest absolute Gasteiger partial charge is 0.456 e. The molecule has 5 nitrogen and oxygen atoms in total. The molecule has 3 N–H and O–H groups in total. The van der Waals surface area contributed by atoms with E-state index in [9.17, 15) is 4.79 Å². The van der Waals surface area contributed by atoms with Crippen molar-refractivity contribution in [2.45, 2.75) is 51.9 Å². The van der Waals surface area contributed by atoms with Crippen LogP contribution in [0.3, 0.4) is 0 Å². The zero-order valence-electron chi connectivity index (χ0n) is 10.7. The molecule has 0 saturated heterocycles. The predicted octanol–water partition coefficient (Wildman–Crippen LogP) is 0.443. The van der Waals surface area contributed by atoms with E-state index in [2.05, 4.69) is 0 Å². The summed E-state index contributed by atoms with van der Waals surface area (Å²) in [5.74, 6) is -0.620. The molecule has 0 amide bonds. The lowest BCUT2D eigenvalue weighted by atomic mass is 10.1. The Hall–Kier alpha value is -0.650. The lowest BCUT2D eigenvalue weighted by Gasteiger charge is -2.30. The number of ether oxygens (including phenoxy) is 2. The number of esters is 1. The van der Waals surface area contributed by atoms with Crippen LogP contribution < -0.4 is 5.73 Å². The fourth-order valence-corrected chi connectivity index (χ4v) is 0.842. The molecule has 0 radical (unpaired) electrons. The first-order valence-electron chi connectivity index (χ1n) is 5.31. The highest BCUT2D eigenvalue weighted by Gasteiger charge is 2.28. The molecule has 0 heterocycles. The van der Waals surface area contributed by atoms with Crippen molar-refractivity contribution >= 4 is 5.97 Å². The molecule has 0 saturated carbocycles. The Kier molecular flexibility index (Phi) is 5.38. The second-order valence-corrected chi connectivity index (χ2v) is 5.37. The number of aliphatic hydroxyl groups excluding tert-OH is 1. The number of hydrogen-bond acceptors (Lipinski definition) is 5. The summed E-state index contributed by atoms with van der Waals surface area (Å²) in [6.07, 6.45) is 0. The molecule has 1 unspecified atom stereocenters. The van der Waals surface area contributed by atoms with Crippen molar-refractivity contribution in [2.24, 2.45) is 5.73 Å². The Balaban J connectivity index is 4.19. The second-order valence-electron chi connectivity index (χ2n) is 5.37. The highest BCUT2D eigenvalue weighted by atomic mass is 16.6. The van der Waals surface area contributed by atoms with Gasteiger partial charge in [0.2, 0.25) is 0 Å². The van der Waals surface area contributed by atoms with Gasteiger partial charge >= 0.3 is 5.97 Å². The molecule has 1 atom stereocenters. The Morgan fingerprint density at radius 2 is 1.81 bits per heavy atom. The Morgan fingerprint density at radius 1 is 1.31 bits per heavy atom. The van der Waals surface area contributed by atoms with Crippen LogP contribution in [-0.2, 0) is 14.3 Å². The van der Waals surface area contributed by atoms with Crippen molar-refractivity contribution in [3.63, 3.8) is 0 Å². The Bertz CT molecular complexity index is 233. The first kappa shape index (κ1) is 15.3. The van der Waals surface area contributed by atoms with Gasteiger partial charge in [0.25, 0.3) is 0 Å². The maximum absolute atomic E-state index is 11.4. The van der Waals surface area contributed by atoms with Gasteiger partial charge in [0.05, 0.1) is 18.8 Å². The Labute approximate surface area is 96.9 Å². The normalized spacial score (nSPS) is 14.7. The van der Waals surface area contributed by atoms with Crippen LogP contribution in [0.2, 0.25) is 0 Å². The third-order valence-electron chi connectivity index (χ3n) is 1.73. The number of aliphatic hydroxyl groups is 1. The van der Waals surface area contributed by atoms with E-state index in [-0.39, 0.29) is 12.2 Å². The lowest BCUT2D eigenvalue weighted by molar-refractivity contribution is -0.169. The molecule has 5 heteroatoms. The second kappa shape index (κ2) is 5.61. The highest BCUT2D eigenvalue weighted by molar-refractivity contribution is 5.76. The van der Waals surface area contributed by atoms with Crippen molar-refractivity contribution in [3.8, 4) is 0 Å². The molecule has 0 aliphatic carbocycles. The molecule has 0 spiro atoms. The van der Waals surface area contributed by atoms with Crippen molar-refractivity contribution in [2.75, 3.05) is 13.2 Å². The fraction of sp³-hybridized carbons (Fsp3) is 0.909. The Morgan fingerprint density at radius 3 is 2.19 bits per heavy atom. The van der Waals surface area contributed by atoms with Crippen LogP contribution >= 0.6 is 0 Å². The van der Waals surface area contributed by atoms with Gasteiger partial charge in [-0.1, -0.05) is 0 Å². The number of hydrogen-bond donors (Lipinski definition) is 2. The summed E-state index contributed by atoms with van der Waals surface area (Å²) in [7, 11) is 0. The van der Waals surface area contributed by atoms with Crippen LogP contribution in [0.1, 0.15) is 34.6 Å². The molecule has 96 valence electrons. The lowest BCUT2D eigenvalue weighted by Crippen LogP contribution is -2.43. The summed E-state index contributed by atoms with van der Waals surface area (Å²) >= 11 is 0. The summed E-state index contributed by atoms with van der Waals surface area (Å²) in [4.78, 5) is 11.4. The minimum Gasteiger partial charge on any atom is -0.456 e. The summed E-state index contributed by atoms with van der Waals surface area (Å²) < 4.78 is 10.7. The van der Waals surface area contributed by atoms with Crippen molar-refractivity contribution in [1.29, 1.82) is 0 Å². The first-order valence-corrected chi connectivity index (χ1v) is 5.31. The zero-order valence-corrected chi connectivity index (χ0v) is 10.7. The highest BCUT2D eigenvalue weighted by Crippen LogP contribution is 2.16. The van der Waals surface area contributed by atoms with Gasteiger partial charge in [0.15, 0.2) is 0 Å². The van der Waals surface area contributed by atoms with Crippen LogP contribution in [0.15, 0.2) is 0 Å². The first-order chi connectivity index (χ1) is 7.07. The SMILES string of the molecule is CC(C)(C)OCC(C)(C)OC(=O)C(N)CO. The van der Waals surface area contributed by atoms with Gasteiger partial charge in [-0.3, -0.25) is 4.79 Å². The molecular weight excluding hydrogens is 210 g/mol. The molecule has 0 bridgehead atoms. The van der Waals surface area contributed by atoms with Gasteiger partial charge in [-0.25, -0.2) is 0 Å². The zero-order chi connectivity index (χ0) is 13.0. The van der Waals surface area contributed by atoms with Crippen molar-refractivity contribution in [1.82, 2.24) is 0 Å². The van der Waals surface area contributed by atoms with Gasteiger partial charge in [-0.05, 0) is 34.6 Å². The smallest absolute Gasteiger partial charge is 0.325 e. The standard InChI is InChI=1S/C11H23NO4/c1-10(2,3)15-7-11(4,5)16-9(14)8(12)6-13/h8,13H,6-7,12H2,1-5H3. The third-order valence-corrected chi connectivity index (χ3v) is 1.73. The molecule has 0 aliphatic heterocycles. The van der Waals surface area contributed by atoms with Gasteiger partial charge in [-0.15, -0.1) is 0 Å². The van der Waals surface area contributed by atoms with Crippen LogP contribution in [0.5, 0.6) is 0 Å². The number of nitrogens with two attached hydrogens (primary N) is 1. The van der Waals surface area contributed by atoms with Crippen molar-refractivity contribution in [3.05, 3.63) is 0 Å². The molecule has 0 aliphatic rings. The van der Waals surface area contributed by atoms with E-state index < -0.39 is 24.2 Å². The van der Waals surface area contributed by atoms with E-state index in [4.69, 9.17) is 20.3 Å². The van der Waals surface area contributed by atoms with E-state index in [0.717, 1.165) is 0 Å². The quantitative estimate of drug-likeness (QED) is 0.673. The van der Waals surface area contributed by atoms with E-state index in [1.54, 1.807) is 13.8 Å². The molecule has 0 fully saturated rings. The van der Waals surface area contributed by atoms with Gasteiger partial charge in [0.1, 0.15) is 11.6 Å². The maximum atomic E-state index is 11.4. The average Bonchev–Trinajstić information content (AvgIpc) is 2.12. The summed E-state index contributed by atoms with van der Waals surface area (Å²) in [6, 6.07) is -0.992. The summed E-state index contributed by atoms with van der Waals surface area (Å²) in [5, 5.41) is 8.70. The van der Waals surface area contributed by atoms with Crippen LogP contribution in [0.25, 0.3) is 0 Å². The predicted molar refractivity (Wildman–Crippen MR) is 60.9 cm³/mol. The van der Waals surface area contributed by atoms with Crippen molar-refractivity contribution < 1.29 is 19.4 Å². The van der Waals surface area contributed by atoms with Crippen LogP contribution in [-0.4, -0.2) is 41.5 Å². The van der Waals surface area contributed by atoms with Gasteiger partial charge in [-0.2, -0.15) is 0 Å². The summed E-state index contributed by atoms with van der Waals surface area (Å²) in [6.45, 7) is 9.09. The summed E-state index contributed by atoms with van der Waals surface area (Å²) in [5.41, 5.74) is 4.30. The third kappa shape index (κ3) is 6.76. The fourth-order valence-electron chi connectivity index (χ4n) is 0.842. The van der Waals surface area contributed by atoms with E-state index in [1.165, 1.54) is 0 Å². The number of rotatable bonds is 5. The molecule has 0 aromatic carbocycles. The number of carbonyl (C=O) groups excluding carboxylic acids is 1. The number of carbonyl (C=O) groups is 1. The van der Waals surface area contributed by atoms with E-state index >= 15 is 0 Å². The van der Waals surface area contributed by atoms with Gasteiger partial charge < -0.3 is 20.3 Å². The monoisotopic (exact) mass is 233 g/mol. The molecule has 0 aromatic rings. The topological polar surface area (TPSA) is 81.8 Å². The minimum absolute atomic E-state index is 0.278. The molecule has 16 heavy (non-hydrogen) atoms. The minimum atomic E-state index is -0.992. The van der Waals surface area contributed by atoms with E-state index in [1.807, 2.05) is 20.8 Å². The molecular formula is C11H23NO4. The van der Waals surface area contributed by atoms with E-state index in [0.29, 0.717) is 0 Å². The molecule has 0 aromatic heterocycles. The molecule has 0 rings (SSSR count). The van der Waals surface area contributed by atoms with Gasteiger partial charge in [0, 0.05) is 0 Å². The maximum Gasteiger partial charge on any atom is 0.325 e. The van der Waals surface area contributed by atoms with Crippen LogP contribution in [0, 0.1) is 0 Å². The van der Waals surface area contributed by atoms with Crippen LogP contribution in [0.4, 0.5) is 0 Å².